The van der Waals surface area contributed by atoms with Gasteiger partial charge in [0.2, 0.25) is 0 Å². The van der Waals surface area contributed by atoms with Crippen LogP contribution < -0.4 is 0 Å². The Kier molecular flexibility index (Phi) is 3.24. The van der Waals surface area contributed by atoms with E-state index in [1.54, 1.807) is 24.3 Å². The standard InChI is InChI=1S/C17H14F2O2/c1-11-10-17(16(20)21-11,12-2-6-14(18)7-3-12)13-4-8-15(19)9-5-13/h2-9,11H,10H2,1H3/t11-/m1/s1. The molecule has 0 radical (unpaired) electrons. The highest BCUT2D eigenvalue weighted by atomic mass is 19.1. The molecule has 0 aliphatic carbocycles. The van der Waals surface area contributed by atoms with E-state index in [4.69, 9.17) is 4.74 Å². The molecule has 4 heteroatoms. The molecule has 0 N–H and O–H groups in total. The van der Waals surface area contributed by atoms with Crippen molar-refractivity contribution in [3.8, 4) is 0 Å². The van der Waals surface area contributed by atoms with Crippen molar-refractivity contribution < 1.29 is 18.3 Å². The van der Waals surface area contributed by atoms with Gasteiger partial charge in [0.1, 0.15) is 23.2 Å². The van der Waals surface area contributed by atoms with Gasteiger partial charge in [-0.05, 0) is 42.3 Å². The van der Waals surface area contributed by atoms with Gasteiger partial charge in [0.05, 0.1) is 0 Å². The highest BCUT2D eigenvalue weighted by molar-refractivity contribution is 5.89. The van der Waals surface area contributed by atoms with Gasteiger partial charge in [-0.1, -0.05) is 24.3 Å². The lowest BCUT2D eigenvalue weighted by atomic mass is 9.72. The van der Waals surface area contributed by atoms with Gasteiger partial charge in [-0.2, -0.15) is 0 Å². The molecule has 0 amide bonds. The van der Waals surface area contributed by atoms with E-state index in [-0.39, 0.29) is 23.7 Å². The number of hydrogen-bond acceptors (Lipinski definition) is 2. The predicted molar refractivity (Wildman–Crippen MR) is 73.8 cm³/mol. The number of benzene rings is 2. The summed E-state index contributed by atoms with van der Waals surface area (Å²) in [6.45, 7) is 1.81. The molecule has 21 heavy (non-hydrogen) atoms. The van der Waals surface area contributed by atoms with Gasteiger partial charge in [0.25, 0.3) is 0 Å². The van der Waals surface area contributed by atoms with E-state index in [1.165, 1.54) is 24.3 Å². The number of carbonyl (C=O) groups is 1. The highest BCUT2D eigenvalue weighted by Gasteiger charge is 2.50. The van der Waals surface area contributed by atoms with E-state index in [0.29, 0.717) is 17.5 Å². The van der Waals surface area contributed by atoms with Gasteiger partial charge < -0.3 is 4.74 Å². The molecule has 0 spiro atoms. The molecule has 2 aromatic carbocycles. The summed E-state index contributed by atoms with van der Waals surface area (Å²) in [6.07, 6.45) is 0.205. The van der Waals surface area contributed by atoms with Crippen LogP contribution in [0.3, 0.4) is 0 Å². The van der Waals surface area contributed by atoms with Crippen molar-refractivity contribution in [3.63, 3.8) is 0 Å². The Morgan fingerprint density at radius 3 is 1.71 bits per heavy atom. The lowest BCUT2D eigenvalue weighted by Gasteiger charge is -2.26. The van der Waals surface area contributed by atoms with E-state index in [0.717, 1.165) is 0 Å². The molecule has 1 saturated heterocycles. The van der Waals surface area contributed by atoms with E-state index in [1.807, 2.05) is 6.92 Å². The topological polar surface area (TPSA) is 26.3 Å². The van der Waals surface area contributed by atoms with E-state index >= 15 is 0 Å². The SMILES string of the molecule is C[C@@H]1CC(c2ccc(F)cc2)(c2ccc(F)cc2)C(=O)O1. The van der Waals surface area contributed by atoms with Crippen LogP contribution in [-0.2, 0) is 14.9 Å². The lowest BCUT2D eigenvalue weighted by Crippen LogP contribution is -2.33. The van der Waals surface area contributed by atoms with Crippen LogP contribution in [0.15, 0.2) is 48.5 Å². The number of halogens is 2. The maximum atomic E-state index is 13.2. The summed E-state index contributed by atoms with van der Waals surface area (Å²) in [5.41, 5.74) is 0.315. The summed E-state index contributed by atoms with van der Waals surface area (Å²) in [5.74, 6) is -1.12. The van der Waals surface area contributed by atoms with Gasteiger partial charge in [0, 0.05) is 6.42 Å². The lowest BCUT2D eigenvalue weighted by molar-refractivity contribution is -0.144. The van der Waals surface area contributed by atoms with Crippen molar-refractivity contribution in [2.45, 2.75) is 24.9 Å². The van der Waals surface area contributed by atoms with Gasteiger partial charge >= 0.3 is 5.97 Å². The fraction of sp³-hybridized carbons (Fsp3) is 0.235. The maximum absolute atomic E-state index is 13.2. The molecule has 1 atom stereocenters. The zero-order valence-corrected chi connectivity index (χ0v) is 11.5. The average Bonchev–Trinajstić information content (AvgIpc) is 2.76. The summed E-state index contributed by atoms with van der Waals surface area (Å²) in [4.78, 5) is 12.5. The first-order valence-corrected chi connectivity index (χ1v) is 6.75. The molecule has 0 aromatic heterocycles. The fourth-order valence-electron chi connectivity index (χ4n) is 2.95. The smallest absolute Gasteiger partial charge is 0.321 e. The van der Waals surface area contributed by atoms with Crippen molar-refractivity contribution >= 4 is 5.97 Å². The Balaban J connectivity index is 2.18. The van der Waals surface area contributed by atoms with Crippen LogP contribution in [0.2, 0.25) is 0 Å². The average molecular weight is 288 g/mol. The Morgan fingerprint density at radius 2 is 1.38 bits per heavy atom. The Labute approximate surface area is 121 Å². The summed E-state index contributed by atoms with van der Waals surface area (Å²) in [7, 11) is 0. The second-order valence-electron chi connectivity index (χ2n) is 5.34. The Bertz CT molecular complexity index is 617. The fourth-order valence-corrected chi connectivity index (χ4v) is 2.95. The van der Waals surface area contributed by atoms with Gasteiger partial charge in [0.15, 0.2) is 0 Å². The quantitative estimate of drug-likeness (QED) is 0.789. The van der Waals surface area contributed by atoms with Crippen molar-refractivity contribution in [1.82, 2.24) is 0 Å². The first-order valence-electron chi connectivity index (χ1n) is 6.75. The van der Waals surface area contributed by atoms with Gasteiger partial charge in [-0.3, -0.25) is 4.79 Å². The van der Waals surface area contributed by atoms with Crippen LogP contribution in [0.5, 0.6) is 0 Å². The molecular formula is C17H14F2O2. The zero-order valence-electron chi connectivity index (χ0n) is 11.5. The monoisotopic (exact) mass is 288 g/mol. The number of cyclic esters (lactones) is 1. The molecule has 0 bridgehead atoms. The second-order valence-corrected chi connectivity index (χ2v) is 5.34. The number of hydrogen-bond donors (Lipinski definition) is 0. The van der Waals surface area contributed by atoms with E-state index in [9.17, 15) is 13.6 Å². The first-order chi connectivity index (χ1) is 10.0. The number of carbonyl (C=O) groups excluding carboxylic acids is 1. The minimum absolute atomic E-state index is 0.243. The van der Waals surface area contributed by atoms with Crippen LogP contribution in [0.25, 0.3) is 0 Å². The minimum Gasteiger partial charge on any atom is -0.462 e. The third kappa shape index (κ3) is 2.20. The van der Waals surface area contributed by atoms with Crippen molar-refractivity contribution in [3.05, 3.63) is 71.3 Å². The molecule has 108 valence electrons. The normalized spacial score (nSPS) is 20.3. The molecule has 2 aromatic rings. The molecule has 2 nitrogen and oxygen atoms in total. The van der Waals surface area contributed by atoms with Crippen LogP contribution in [0.4, 0.5) is 8.78 Å². The predicted octanol–water partition coefficient (Wildman–Crippen LogP) is 3.59. The third-order valence-electron chi connectivity index (χ3n) is 3.92. The summed E-state index contributed by atoms with van der Waals surface area (Å²) in [6, 6.07) is 11.6. The van der Waals surface area contributed by atoms with Crippen LogP contribution >= 0.6 is 0 Å². The van der Waals surface area contributed by atoms with Gasteiger partial charge in [-0.25, -0.2) is 8.78 Å². The number of rotatable bonds is 2. The molecule has 3 rings (SSSR count). The first kappa shape index (κ1) is 13.7. The number of esters is 1. The third-order valence-corrected chi connectivity index (χ3v) is 3.92. The molecule has 1 heterocycles. The summed E-state index contributed by atoms with van der Waals surface area (Å²) in [5, 5.41) is 0. The maximum Gasteiger partial charge on any atom is 0.321 e. The summed E-state index contributed by atoms with van der Waals surface area (Å²) < 4.78 is 31.6. The summed E-state index contributed by atoms with van der Waals surface area (Å²) >= 11 is 0. The van der Waals surface area contributed by atoms with Gasteiger partial charge in [-0.15, -0.1) is 0 Å². The zero-order chi connectivity index (χ0) is 15.0. The highest BCUT2D eigenvalue weighted by Crippen LogP contribution is 2.43. The van der Waals surface area contributed by atoms with E-state index in [2.05, 4.69) is 0 Å². The van der Waals surface area contributed by atoms with Crippen molar-refractivity contribution in [2.75, 3.05) is 0 Å². The van der Waals surface area contributed by atoms with Crippen molar-refractivity contribution in [1.29, 1.82) is 0 Å². The molecule has 0 unspecified atom stereocenters. The van der Waals surface area contributed by atoms with E-state index < -0.39 is 5.41 Å². The minimum atomic E-state index is -0.999. The van der Waals surface area contributed by atoms with Crippen LogP contribution in [0, 0.1) is 11.6 Å². The largest absolute Gasteiger partial charge is 0.462 e. The Hall–Kier alpha value is -2.23. The Morgan fingerprint density at radius 1 is 0.952 bits per heavy atom. The second kappa shape index (κ2) is 4.95. The molecule has 1 aliphatic rings. The molecule has 0 saturated carbocycles. The molecule has 1 fully saturated rings. The van der Waals surface area contributed by atoms with Crippen LogP contribution in [0.1, 0.15) is 24.5 Å². The van der Waals surface area contributed by atoms with Crippen LogP contribution in [-0.4, -0.2) is 12.1 Å². The molecular weight excluding hydrogens is 274 g/mol. The molecule has 1 aliphatic heterocycles. The van der Waals surface area contributed by atoms with Crippen molar-refractivity contribution in [2.24, 2.45) is 0 Å². The number of ether oxygens (including phenoxy) is 1.